The third-order valence-electron chi connectivity index (χ3n) is 2.26. The van der Waals surface area contributed by atoms with Gasteiger partial charge in [-0.05, 0) is 36.5 Å². The van der Waals surface area contributed by atoms with E-state index >= 15 is 0 Å². The summed E-state index contributed by atoms with van der Waals surface area (Å²) in [6.07, 6.45) is 3.69. The lowest BCUT2D eigenvalue weighted by atomic mass is 9.95. The quantitative estimate of drug-likeness (QED) is 0.694. The Morgan fingerprint density at radius 3 is 2.83 bits per heavy atom. The van der Waals surface area contributed by atoms with Crippen LogP contribution in [0.25, 0.3) is 0 Å². The van der Waals surface area contributed by atoms with Crippen molar-refractivity contribution in [1.82, 2.24) is 6.15 Å². The van der Waals surface area contributed by atoms with Gasteiger partial charge in [0.05, 0.1) is 7.11 Å². The number of hydrogen-bond donors (Lipinski definition) is 1. The van der Waals surface area contributed by atoms with Crippen molar-refractivity contribution in [1.29, 1.82) is 0 Å². The SMILES string of the molecule is COc1ccc2cc1CCC2.N. The maximum atomic E-state index is 5.23. The highest BCUT2D eigenvalue weighted by Gasteiger charge is 2.08. The van der Waals surface area contributed by atoms with Gasteiger partial charge in [0.2, 0.25) is 0 Å². The van der Waals surface area contributed by atoms with Crippen molar-refractivity contribution in [2.24, 2.45) is 0 Å². The number of hydrogen-bond acceptors (Lipinski definition) is 2. The third kappa shape index (κ3) is 1.43. The summed E-state index contributed by atoms with van der Waals surface area (Å²) < 4.78 is 5.23. The summed E-state index contributed by atoms with van der Waals surface area (Å²) in [5.41, 5.74) is 2.82. The molecular formula is C10H15NO. The van der Waals surface area contributed by atoms with Gasteiger partial charge in [0.15, 0.2) is 0 Å². The molecule has 0 heterocycles. The van der Waals surface area contributed by atoms with Crippen molar-refractivity contribution in [3.8, 4) is 5.75 Å². The molecule has 0 atom stereocenters. The molecule has 1 aromatic rings. The van der Waals surface area contributed by atoms with Gasteiger partial charge in [-0.3, -0.25) is 0 Å². The molecule has 0 unspecified atom stereocenters. The van der Waals surface area contributed by atoms with E-state index in [1.165, 1.54) is 30.4 Å². The van der Waals surface area contributed by atoms with E-state index in [2.05, 4.69) is 18.2 Å². The lowest BCUT2D eigenvalue weighted by molar-refractivity contribution is 0.407. The molecule has 1 aromatic carbocycles. The molecular weight excluding hydrogens is 150 g/mol. The molecule has 0 saturated carbocycles. The molecule has 1 aliphatic carbocycles. The average Bonchev–Trinajstić information content (AvgIpc) is 2.06. The van der Waals surface area contributed by atoms with Crippen LogP contribution in [0.3, 0.4) is 0 Å². The zero-order chi connectivity index (χ0) is 7.68. The Hall–Kier alpha value is -1.02. The molecule has 0 fully saturated rings. The number of benzene rings is 1. The van der Waals surface area contributed by atoms with Crippen LogP contribution < -0.4 is 10.9 Å². The lowest BCUT2D eigenvalue weighted by Gasteiger charge is -2.14. The molecule has 0 spiro atoms. The first-order valence-corrected chi connectivity index (χ1v) is 4.06. The van der Waals surface area contributed by atoms with Gasteiger partial charge in [-0.1, -0.05) is 12.1 Å². The molecule has 1 aliphatic rings. The fraction of sp³-hybridized carbons (Fsp3) is 0.400. The van der Waals surface area contributed by atoms with Crippen LogP contribution >= 0.6 is 0 Å². The van der Waals surface area contributed by atoms with E-state index in [0.717, 1.165) is 5.75 Å². The second-order valence-electron chi connectivity index (χ2n) is 3.00. The first kappa shape index (κ1) is 9.07. The van der Waals surface area contributed by atoms with Crippen LogP contribution in [0.5, 0.6) is 5.75 Å². The zero-order valence-electron chi connectivity index (χ0n) is 7.47. The molecule has 0 amide bonds. The maximum Gasteiger partial charge on any atom is 0.122 e. The average molecular weight is 165 g/mol. The molecule has 0 radical (unpaired) electrons. The van der Waals surface area contributed by atoms with Gasteiger partial charge >= 0.3 is 0 Å². The highest BCUT2D eigenvalue weighted by atomic mass is 16.5. The Morgan fingerprint density at radius 1 is 1.25 bits per heavy atom. The minimum Gasteiger partial charge on any atom is -0.496 e. The summed E-state index contributed by atoms with van der Waals surface area (Å²) in [6, 6.07) is 6.48. The number of ether oxygens (including phenoxy) is 1. The predicted octanol–water partition coefficient (Wildman–Crippen LogP) is 2.35. The Morgan fingerprint density at radius 2 is 2.08 bits per heavy atom. The van der Waals surface area contributed by atoms with Crippen LogP contribution in [-0.2, 0) is 12.8 Å². The van der Waals surface area contributed by atoms with Crippen molar-refractivity contribution in [2.45, 2.75) is 19.3 Å². The summed E-state index contributed by atoms with van der Waals surface area (Å²) in [5.74, 6) is 1.05. The van der Waals surface area contributed by atoms with E-state index < -0.39 is 0 Å². The first-order valence-electron chi connectivity index (χ1n) is 4.06. The molecule has 12 heavy (non-hydrogen) atoms. The maximum absolute atomic E-state index is 5.23. The number of methoxy groups -OCH3 is 1. The van der Waals surface area contributed by atoms with Gasteiger partial charge in [0.1, 0.15) is 5.75 Å². The van der Waals surface area contributed by atoms with Gasteiger partial charge in [-0.15, -0.1) is 0 Å². The van der Waals surface area contributed by atoms with Gasteiger partial charge in [-0.25, -0.2) is 0 Å². The molecule has 0 aromatic heterocycles. The van der Waals surface area contributed by atoms with Crippen LogP contribution in [0.15, 0.2) is 18.2 Å². The smallest absolute Gasteiger partial charge is 0.122 e. The van der Waals surface area contributed by atoms with Gasteiger partial charge in [0, 0.05) is 0 Å². The van der Waals surface area contributed by atoms with E-state index in [1.807, 2.05) is 0 Å². The summed E-state index contributed by atoms with van der Waals surface area (Å²) in [6.45, 7) is 0. The third-order valence-corrected chi connectivity index (χ3v) is 2.26. The van der Waals surface area contributed by atoms with Crippen LogP contribution in [0.4, 0.5) is 0 Å². The largest absolute Gasteiger partial charge is 0.496 e. The molecule has 3 N–H and O–H groups in total. The molecule has 2 nitrogen and oxygen atoms in total. The first-order chi connectivity index (χ1) is 5.40. The molecule has 2 bridgehead atoms. The Balaban J connectivity index is 0.000000720. The van der Waals surface area contributed by atoms with Crippen molar-refractivity contribution >= 4 is 0 Å². The van der Waals surface area contributed by atoms with Gasteiger partial charge in [0.25, 0.3) is 0 Å². The van der Waals surface area contributed by atoms with E-state index in [1.54, 1.807) is 7.11 Å². The minimum absolute atomic E-state index is 0. The predicted molar refractivity (Wildman–Crippen MR) is 50.0 cm³/mol. The molecule has 0 aliphatic heterocycles. The summed E-state index contributed by atoms with van der Waals surface area (Å²) in [7, 11) is 1.74. The van der Waals surface area contributed by atoms with E-state index in [4.69, 9.17) is 4.74 Å². The topological polar surface area (TPSA) is 44.2 Å². The molecule has 66 valence electrons. The molecule has 0 saturated heterocycles. The molecule has 2 heteroatoms. The Labute approximate surface area is 73.1 Å². The number of fused-ring (bicyclic) bond motifs is 2. The van der Waals surface area contributed by atoms with Gasteiger partial charge < -0.3 is 10.9 Å². The highest BCUT2D eigenvalue weighted by molar-refractivity contribution is 5.39. The van der Waals surface area contributed by atoms with Crippen LogP contribution in [0, 0.1) is 0 Å². The monoisotopic (exact) mass is 165 g/mol. The summed E-state index contributed by atoms with van der Waals surface area (Å²) in [5, 5.41) is 0. The van der Waals surface area contributed by atoms with E-state index in [9.17, 15) is 0 Å². The Kier molecular flexibility index (Phi) is 2.71. The minimum atomic E-state index is 0. The highest BCUT2D eigenvalue weighted by Crippen LogP contribution is 2.26. The van der Waals surface area contributed by atoms with Crippen molar-refractivity contribution in [3.63, 3.8) is 0 Å². The number of aryl methyl sites for hydroxylation is 2. The fourth-order valence-corrected chi connectivity index (χ4v) is 1.67. The van der Waals surface area contributed by atoms with Crippen LogP contribution in [0.1, 0.15) is 17.5 Å². The second kappa shape index (κ2) is 3.59. The standard InChI is InChI=1S/C10H12O.H3N/c1-11-10-6-5-8-3-2-4-9(10)7-8;/h5-7H,2-4H2,1H3;1H3. The second-order valence-corrected chi connectivity index (χ2v) is 3.00. The van der Waals surface area contributed by atoms with Crippen molar-refractivity contribution in [2.75, 3.05) is 7.11 Å². The molecule has 2 rings (SSSR count). The van der Waals surface area contributed by atoms with Gasteiger partial charge in [-0.2, -0.15) is 0 Å². The summed E-state index contributed by atoms with van der Waals surface area (Å²) in [4.78, 5) is 0. The van der Waals surface area contributed by atoms with Crippen molar-refractivity contribution in [3.05, 3.63) is 29.3 Å². The Bertz CT molecular complexity index is 271. The zero-order valence-corrected chi connectivity index (χ0v) is 7.47. The fourth-order valence-electron chi connectivity index (χ4n) is 1.67. The normalized spacial score (nSPS) is 13.4. The van der Waals surface area contributed by atoms with Crippen molar-refractivity contribution < 1.29 is 4.74 Å². The van der Waals surface area contributed by atoms with Crippen LogP contribution in [0.2, 0.25) is 0 Å². The lowest BCUT2D eigenvalue weighted by Crippen LogP contribution is -2.01. The van der Waals surface area contributed by atoms with Crippen LogP contribution in [-0.4, -0.2) is 7.11 Å². The van der Waals surface area contributed by atoms with E-state index in [0.29, 0.717) is 0 Å². The summed E-state index contributed by atoms with van der Waals surface area (Å²) >= 11 is 0. The van der Waals surface area contributed by atoms with E-state index in [-0.39, 0.29) is 6.15 Å². The number of rotatable bonds is 1.